The second kappa shape index (κ2) is 5.45. The molecule has 4 nitrogen and oxygen atoms in total. The van der Waals surface area contributed by atoms with Crippen LogP contribution in [0.25, 0.3) is 5.69 Å². The number of aryl methyl sites for hydroxylation is 2. The first-order valence-corrected chi connectivity index (χ1v) is 9.19. The SMILES string of the molecule is Cc1cc(-n2cnc(C3CC3)c2)c(C)cc1B1OC(C)(C)C(C)(C)O1. The topological polar surface area (TPSA) is 36.3 Å². The Balaban J connectivity index is 1.66. The van der Waals surface area contributed by atoms with Crippen molar-refractivity contribution in [3.05, 3.63) is 41.5 Å². The molecule has 2 aliphatic rings. The third-order valence-corrected chi connectivity index (χ3v) is 5.97. The molecule has 0 bridgehead atoms. The van der Waals surface area contributed by atoms with Gasteiger partial charge in [0.15, 0.2) is 0 Å². The molecule has 1 aliphatic heterocycles. The molecular weight excluding hydrogens is 311 g/mol. The van der Waals surface area contributed by atoms with E-state index in [4.69, 9.17) is 9.31 Å². The van der Waals surface area contributed by atoms with Crippen LogP contribution in [0.5, 0.6) is 0 Å². The maximum atomic E-state index is 6.23. The van der Waals surface area contributed by atoms with Gasteiger partial charge in [0.2, 0.25) is 0 Å². The minimum atomic E-state index is -0.319. The molecule has 2 heterocycles. The number of hydrogen-bond acceptors (Lipinski definition) is 3. The average molecular weight is 338 g/mol. The van der Waals surface area contributed by atoms with Gasteiger partial charge in [0.05, 0.1) is 23.2 Å². The first-order chi connectivity index (χ1) is 11.7. The zero-order valence-electron chi connectivity index (χ0n) is 16.1. The maximum absolute atomic E-state index is 6.23. The third kappa shape index (κ3) is 2.83. The van der Waals surface area contributed by atoms with Crippen molar-refractivity contribution in [2.24, 2.45) is 0 Å². The highest BCUT2D eigenvalue weighted by Gasteiger charge is 2.52. The van der Waals surface area contributed by atoms with E-state index >= 15 is 0 Å². The van der Waals surface area contributed by atoms with Crippen LogP contribution < -0.4 is 5.46 Å². The predicted molar refractivity (Wildman–Crippen MR) is 101 cm³/mol. The highest BCUT2D eigenvalue weighted by molar-refractivity contribution is 6.62. The van der Waals surface area contributed by atoms with E-state index in [1.54, 1.807) is 0 Å². The van der Waals surface area contributed by atoms with Crippen molar-refractivity contribution in [3.63, 3.8) is 0 Å². The van der Waals surface area contributed by atoms with Crippen LogP contribution in [0, 0.1) is 13.8 Å². The molecule has 2 fully saturated rings. The number of imidazole rings is 1. The Labute approximate surface area is 150 Å². The number of aromatic nitrogens is 2. The molecule has 1 aliphatic carbocycles. The van der Waals surface area contributed by atoms with Crippen molar-refractivity contribution in [2.45, 2.75) is 71.5 Å². The zero-order valence-corrected chi connectivity index (χ0v) is 16.1. The fourth-order valence-electron chi connectivity index (χ4n) is 3.39. The summed E-state index contributed by atoms with van der Waals surface area (Å²) in [7, 11) is -0.317. The molecule has 0 amide bonds. The van der Waals surface area contributed by atoms with Gasteiger partial charge in [0, 0.05) is 17.8 Å². The summed E-state index contributed by atoms with van der Waals surface area (Å²) in [5.74, 6) is 0.673. The first-order valence-electron chi connectivity index (χ1n) is 9.19. The van der Waals surface area contributed by atoms with Gasteiger partial charge in [0.1, 0.15) is 0 Å². The van der Waals surface area contributed by atoms with Crippen molar-refractivity contribution in [3.8, 4) is 5.69 Å². The Kier molecular flexibility index (Phi) is 3.68. The molecule has 5 heteroatoms. The normalized spacial score (nSPS) is 21.8. The van der Waals surface area contributed by atoms with Gasteiger partial charge >= 0.3 is 7.12 Å². The van der Waals surface area contributed by atoms with Crippen molar-refractivity contribution in [1.82, 2.24) is 9.55 Å². The first kappa shape index (κ1) is 16.9. The monoisotopic (exact) mass is 338 g/mol. The predicted octanol–water partition coefficient (Wildman–Crippen LogP) is 3.67. The van der Waals surface area contributed by atoms with E-state index in [0.717, 1.165) is 5.46 Å². The van der Waals surface area contributed by atoms with E-state index in [2.05, 4.69) is 69.4 Å². The Bertz CT molecular complexity index is 805. The zero-order chi connectivity index (χ0) is 18.0. The van der Waals surface area contributed by atoms with Crippen LogP contribution in [-0.2, 0) is 9.31 Å². The fourth-order valence-corrected chi connectivity index (χ4v) is 3.39. The van der Waals surface area contributed by atoms with Gasteiger partial charge in [-0.25, -0.2) is 4.98 Å². The molecule has 0 unspecified atom stereocenters. The highest BCUT2D eigenvalue weighted by Crippen LogP contribution is 2.39. The smallest absolute Gasteiger partial charge is 0.399 e. The molecule has 2 aromatic rings. The van der Waals surface area contributed by atoms with Crippen molar-refractivity contribution >= 4 is 12.6 Å². The summed E-state index contributed by atoms with van der Waals surface area (Å²) in [5, 5.41) is 0. The average Bonchev–Trinajstić information content (AvgIpc) is 3.20. The lowest BCUT2D eigenvalue weighted by Gasteiger charge is -2.32. The summed E-state index contributed by atoms with van der Waals surface area (Å²) in [5.41, 5.74) is 5.25. The van der Waals surface area contributed by atoms with Crippen LogP contribution in [-0.4, -0.2) is 27.9 Å². The Morgan fingerprint density at radius 1 is 1.04 bits per heavy atom. The fraction of sp³-hybridized carbons (Fsp3) is 0.550. The molecule has 1 aromatic carbocycles. The summed E-state index contributed by atoms with van der Waals surface area (Å²) in [4.78, 5) is 4.58. The van der Waals surface area contributed by atoms with Crippen LogP contribution in [0.1, 0.15) is 63.3 Å². The molecule has 1 saturated heterocycles. The van der Waals surface area contributed by atoms with Gasteiger partial charge in [-0.15, -0.1) is 0 Å². The van der Waals surface area contributed by atoms with Gasteiger partial charge in [-0.3, -0.25) is 0 Å². The highest BCUT2D eigenvalue weighted by atomic mass is 16.7. The van der Waals surface area contributed by atoms with E-state index in [1.165, 1.54) is 35.3 Å². The minimum absolute atomic E-state index is 0.317. The summed E-state index contributed by atoms with van der Waals surface area (Å²) in [6.07, 6.45) is 6.66. The minimum Gasteiger partial charge on any atom is -0.399 e. The van der Waals surface area contributed by atoms with Crippen molar-refractivity contribution in [2.75, 3.05) is 0 Å². The van der Waals surface area contributed by atoms with Gasteiger partial charge in [-0.2, -0.15) is 0 Å². The van der Waals surface area contributed by atoms with E-state index in [1.807, 2.05) is 6.33 Å². The Morgan fingerprint density at radius 3 is 2.28 bits per heavy atom. The van der Waals surface area contributed by atoms with Crippen LogP contribution in [0.4, 0.5) is 0 Å². The van der Waals surface area contributed by atoms with Crippen LogP contribution in [0.3, 0.4) is 0 Å². The number of rotatable bonds is 3. The van der Waals surface area contributed by atoms with Crippen molar-refractivity contribution < 1.29 is 9.31 Å². The lowest BCUT2D eigenvalue weighted by atomic mass is 9.75. The molecule has 132 valence electrons. The molecule has 25 heavy (non-hydrogen) atoms. The van der Waals surface area contributed by atoms with E-state index in [-0.39, 0.29) is 18.3 Å². The number of nitrogens with zero attached hydrogens (tertiary/aromatic N) is 2. The van der Waals surface area contributed by atoms with Gasteiger partial charge in [-0.1, -0.05) is 6.07 Å². The molecule has 0 spiro atoms. The number of hydrogen-bond donors (Lipinski definition) is 0. The molecule has 0 radical (unpaired) electrons. The largest absolute Gasteiger partial charge is 0.495 e. The summed E-state index contributed by atoms with van der Waals surface area (Å²) in [6, 6.07) is 4.41. The van der Waals surface area contributed by atoms with Crippen LogP contribution in [0.15, 0.2) is 24.7 Å². The third-order valence-electron chi connectivity index (χ3n) is 5.97. The van der Waals surface area contributed by atoms with Crippen molar-refractivity contribution in [1.29, 1.82) is 0 Å². The second-order valence-electron chi connectivity index (χ2n) is 8.56. The summed E-state index contributed by atoms with van der Waals surface area (Å²) in [6.45, 7) is 12.6. The second-order valence-corrected chi connectivity index (χ2v) is 8.56. The number of benzene rings is 1. The maximum Gasteiger partial charge on any atom is 0.495 e. The van der Waals surface area contributed by atoms with Gasteiger partial charge in [-0.05, 0) is 77.0 Å². The van der Waals surface area contributed by atoms with Crippen LogP contribution in [0.2, 0.25) is 0 Å². The molecule has 1 aromatic heterocycles. The molecule has 1 saturated carbocycles. The quantitative estimate of drug-likeness (QED) is 0.802. The standard InChI is InChI=1S/C20H27BN2O2/c1-13-10-18(23-11-17(22-12-23)15-7-8-15)14(2)9-16(13)21-24-19(3,4)20(5,6)25-21/h9-12,15H,7-8H2,1-6H3. The lowest BCUT2D eigenvalue weighted by Crippen LogP contribution is -2.41. The van der Waals surface area contributed by atoms with Gasteiger partial charge < -0.3 is 13.9 Å². The molecular formula is C20H27BN2O2. The Morgan fingerprint density at radius 2 is 1.68 bits per heavy atom. The van der Waals surface area contributed by atoms with E-state index in [0.29, 0.717) is 5.92 Å². The lowest BCUT2D eigenvalue weighted by molar-refractivity contribution is 0.00578. The molecule has 0 atom stereocenters. The Hall–Kier alpha value is -1.59. The van der Waals surface area contributed by atoms with E-state index in [9.17, 15) is 0 Å². The molecule has 0 N–H and O–H groups in total. The van der Waals surface area contributed by atoms with Gasteiger partial charge in [0.25, 0.3) is 0 Å². The molecule has 4 rings (SSSR count). The van der Waals surface area contributed by atoms with E-state index < -0.39 is 0 Å². The summed E-state index contributed by atoms with van der Waals surface area (Å²) >= 11 is 0. The van der Waals surface area contributed by atoms with Crippen LogP contribution >= 0.6 is 0 Å². The summed E-state index contributed by atoms with van der Waals surface area (Å²) < 4.78 is 14.6.